The van der Waals surface area contributed by atoms with Crippen molar-refractivity contribution >= 4 is 26.7 Å². The van der Waals surface area contributed by atoms with Crippen LogP contribution in [-0.4, -0.2) is 44.3 Å². The number of rotatable bonds is 8. The number of carbonyl (C=O) groups excluding carboxylic acids is 1. The first-order chi connectivity index (χ1) is 13.9. The second-order valence-corrected chi connectivity index (χ2v) is 9.54. The zero-order valence-electron chi connectivity index (χ0n) is 16.5. The molecule has 0 saturated carbocycles. The van der Waals surface area contributed by atoms with Gasteiger partial charge in [0.05, 0.1) is 11.4 Å². The van der Waals surface area contributed by atoms with Gasteiger partial charge in [-0.2, -0.15) is 0 Å². The molecule has 2 aromatic rings. The zero-order valence-corrected chi connectivity index (χ0v) is 17.3. The fraction of sp³-hybridized carbons (Fsp3) is 0.429. The van der Waals surface area contributed by atoms with Gasteiger partial charge in [-0.1, -0.05) is 12.2 Å². The largest absolute Gasteiger partial charge is 0.449 e. The van der Waals surface area contributed by atoms with E-state index in [0.717, 1.165) is 5.39 Å². The Kier molecular flexibility index (Phi) is 6.87. The van der Waals surface area contributed by atoms with E-state index in [1.165, 1.54) is 0 Å². The van der Waals surface area contributed by atoms with Crippen molar-refractivity contribution in [2.45, 2.75) is 31.4 Å². The van der Waals surface area contributed by atoms with Gasteiger partial charge < -0.3 is 14.5 Å². The highest BCUT2D eigenvalue weighted by atomic mass is 32.2. The lowest BCUT2D eigenvalue weighted by Crippen LogP contribution is -2.29. The minimum atomic E-state index is -3.32. The van der Waals surface area contributed by atoms with Crippen LogP contribution in [0.25, 0.3) is 11.0 Å². The van der Waals surface area contributed by atoms with Gasteiger partial charge in [-0.05, 0) is 44.2 Å². The SMILES string of the molecule is C=C[C@H](C/C=C(\C)S(=O)(=O)C1CCOCC1)CNC(=O)c1cc2ccncc2o1. The van der Waals surface area contributed by atoms with Crippen molar-refractivity contribution in [3.05, 3.63) is 53.9 Å². The Labute approximate surface area is 170 Å². The normalized spacial score (nSPS) is 17.2. The summed E-state index contributed by atoms with van der Waals surface area (Å²) >= 11 is 0. The van der Waals surface area contributed by atoms with Crippen molar-refractivity contribution in [2.24, 2.45) is 5.92 Å². The van der Waals surface area contributed by atoms with E-state index >= 15 is 0 Å². The Morgan fingerprint density at radius 1 is 1.41 bits per heavy atom. The second kappa shape index (κ2) is 9.37. The van der Waals surface area contributed by atoms with E-state index in [0.29, 0.717) is 49.5 Å². The molecule has 0 aromatic carbocycles. The molecule has 1 saturated heterocycles. The minimum Gasteiger partial charge on any atom is -0.449 e. The maximum absolute atomic E-state index is 12.7. The lowest BCUT2D eigenvalue weighted by Gasteiger charge is -2.22. The average Bonchev–Trinajstić information content (AvgIpc) is 3.18. The standard InChI is InChI=1S/C21H26N2O5S/c1-3-16(5-4-15(2)29(25,26)18-7-10-27-11-8-18)13-23-21(24)19-12-17-6-9-22-14-20(17)28-19/h3-4,6,9,12,14,16,18H,1,5,7-8,10-11,13H2,2H3,(H,23,24)/b15-4+/t16-/m1/s1. The maximum Gasteiger partial charge on any atom is 0.287 e. The van der Waals surface area contributed by atoms with E-state index in [2.05, 4.69) is 16.9 Å². The van der Waals surface area contributed by atoms with Crippen molar-refractivity contribution in [3.63, 3.8) is 0 Å². The van der Waals surface area contributed by atoms with Crippen LogP contribution < -0.4 is 5.32 Å². The number of hydrogen-bond acceptors (Lipinski definition) is 6. The maximum atomic E-state index is 12.7. The number of nitrogens with zero attached hydrogens (tertiary/aromatic N) is 1. The van der Waals surface area contributed by atoms with Gasteiger partial charge in [0.2, 0.25) is 0 Å². The number of carbonyl (C=O) groups is 1. The van der Waals surface area contributed by atoms with Crippen LogP contribution in [0.1, 0.15) is 36.7 Å². The van der Waals surface area contributed by atoms with Crippen LogP contribution in [0.15, 0.2) is 52.6 Å². The van der Waals surface area contributed by atoms with Crippen molar-refractivity contribution in [2.75, 3.05) is 19.8 Å². The number of fused-ring (bicyclic) bond motifs is 1. The zero-order chi connectivity index (χ0) is 20.9. The van der Waals surface area contributed by atoms with Gasteiger partial charge in [0.1, 0.15) is 0 Å². The van der Waals surface area contributed by atoms with E-state index in [9.17, 15) is 13.2 Å². The summed E-state index contributed by atoms with van der Waals surface area (Å²) in [7, 11) is -3.32. The molecule has 1 N–H and O–H groups in total. The summed E-state index contributed by atoms with van der Waals surface area (Å²) in [6.45, 7) is 6.73. The predicted octanol–water partition coefficient (Wildman–Crippen LogP) is 3.25. The minimum absolute atomic E-state index is 0.0927. The summed E-state index contributed by atoms with van der Waals surface area (Å²) in [4.78, 5) is 16.7. The fourth-order valence-corrected chi connectivity index (χ4v) is 4.92. The molecule has 156 valence electrons. The molecule has 3 heterocycles. The highest BCUT2D eigenvalue weighted by molar-refractivity contribution is 7.95. The van der Waals surface area contributed by atoms with Crippen LogP contribution in [0.4, 0.5) is 0 Å². The number of sulfone groups is 1. The number of hydrogen-bond donors (Lipinski definition) is 1. The van der Waals surface area contributed by atoms with Crippen LogP contribution in [0.2, 0.25) is 0 Å². The number of nitrogens with one attached hydrogen (secondary N) is 1. The number of ether oxygens (including phenoxy) is 1. The van der Waals surface area contributed by atoms with Crippen molar-refractivity contribution in [1.82, 2.24) is 10.3 Å². The fourth-order valence-electron chi connectivity index (χ4n) is 3.25. The van der Waals surface area contributed by atoms with Crippen LogP contribution in [0, 0.1) is 5.92 Å². The molecule has 0 unspecified atom stereocenters. The van der Waals surface area contributed by atoms with Crippen LogP contribution in [-0.2, 0) is 14.6 Å². The van der Waals surface area contributed by atoms with E-state index in [4.69, 9.17) is 9.15 Å². The topological polar surface area (TPSA) is 98.5 Å². The Hall–Kier alpha value is -2.45. The first kappa shape index (κ1) is 21.3. The van der Waals surface area contributed by atoms with Crippen molar-refractivity contribution < 1.29 is 22.4 Å². The van der Waals surface area contributed by atoms with Gasteiger partial charge in [0, 0.05) is 36.2 Å². The molecule has 2 aromatic heterocycles. The molecule has 3 rings (SSSR count). The lowest BCUT2D eigenvalue weighted by molar-refractivity contribution is 0.0924. The van der Waals surface area contributed by atoms with Crippen molar-refractivity contribution in [3.8, 4) is 0 Å². The molecule has 0 aliphatic carbocycles. The van der Waals surface area contributed by atoms with Crippen LogP contribution in [0.5, 0.6) is 0 Å². The summed E-state index contributed by atoms with van der Waals surface area (Å²) in [6.07, 6.45) is 8.16. The van der Waals surface area contributed by atoms with Crippen molar-refractivity contribution in [1.29, 1.82) is 0 Å². The molecule has 8 heteroatoms. The number of pyridine rings is 1. The number of furan rings is 1. The highest BCUT2D eigenvalue weighted by Gasteiger charge is 2.29. The van der Waals surface area contributed by atoms with E-state index < -0.39 is 9.84 Å². The first-order valence-corrected chi connectivity index (χ1v) is 11.2. The summed E-state index contributed by atoms with van der Waals surface area (Å²) < 4.78 is 36.1. The number of amides is 1. The molecule has 1 aliphatic rings. The molecule has 29 heavy (non-hydrogen) atoms. The molecular weight excluding hydrogens is 392 g/mol. The second-order valence-electron chi connectivity index (χ2n) is 7.14. The summed E-state index contributed by atoms with van der Waals surface area (Å²) in [5, 5.41) is 3.25. The van der Waals surface area contributed by atoms with Gasteiger partial charge in [0.15, 0.2) is 21.2 Å². The molecular formula is C21H26N2O5S. The molecule has 1 aliphatic heterocycles. The molecule has 7 nitrogen and oxygen atoms in total. The molecule has 1 atom stereocenters. The molecule has 0 bridgehead atoms. The third-order valence-corrected chi connectivity index (χ3v) is 7.58. The van der Waals surface area contributed by atoms with E-state index in [1.54, 1.807) is 43.6 Å². The van der Waals surface area contributed by atoms with Crippen LogP contribution in [0.3, 0.4) is 0 Å². The summed E-state index contributed by atoms with van der Waals surface area (Å²) in [6, 6.07) is 3.44. The average molecular weight is 419 g/mol. The Morgan fingerprint density at radius 2 is 2.17 bits per heavy atom. The van der Waals surface area contributed by atoms with Gasteiger partial charge in [-0.15, -0.1) is 6.58 Å². The van der Waals surface area contributed by atoms with E-state index in [1.807, 2.05) is 0 Å². The summed E-state index contributed by atoms with van der Waals surface area (Å²) in [5.74, 6) is -0.210. The monoisotopic (exact) mass is 418 g/mol. The van der Waals surface area contributed by atoms with Gasteiger partial charge in [0.25, 0.3) is 5.91 Å². The Morgan fingerprint density at radius 3 is 2.86 bits per heavy atom. The van der Waals surface area contributed by atoms with E-state index in [-0.39, 0.29) is 22.8 Å². The molecule has 0 spiro atoms. The molecule has 1 amide bonds. The molecule has 0 radical (unpaired) electrons. The third kappa shape index (κ3) is 5.13. The smallest absolute Gasteiger partial charge is 0.287 e. The lowest BCUT2D eigenvalue weighted by atomic mass is 10.1. The van der Waals surface area contributed by atoms with Gasteiger partial charge in [-0.25, -0.2) is 8.42 Å². The summed E-state index contributed by atoms with van der Waals surface area (Å²) in [5.41, 5.74) is 0.551. The Bertz CT molecular complexity index is 970. The predicted molar refractivity (Wildman–Crippen MR) is 111 cm³/mol. The third-order valence-electron chi connectivity index (χ3n) is 5.17. The molecule has 1 fully saturated rings. The Balaban J connectivity index is 1.57. The van der Waals surface area contributed by atoms with Gasteiger partial charge in [-0.3, -0.25) is 9.78 Å². The number of aromatic nitrogens is 1. The van der Waals surface area contributed by atoms with Gasteiger partial charge >= 0.3 is 0 Å². The number of allylic oxidation sites excluding steroid dienone is 2. The quantitative estimate of drug-likeness (QED) is 0.661. The highest BCUT2D eigenvalue weighted by Crippen LogP contribution is 2.23. The van der Waals surface area contributed by atoms with Crippen LogP contribution >= 0.6 is 0 Å². The first-order valence-electron chi connectivity index (χ1n) is 9.64.